The van der Waals surface area contributed by atoms with Crippen molar-refractivity contribution in [1.82, 2.24) is 4.57 Å². The van der Waals surface area contributed by atoms with Crippen molar-refractivity contribution < 1.29 is 19.1 Å². The molecule has 0 bridgehead atoms. The third-order valence-electron chi connectivity index (χ3n) is 4.83. The number of halogens is 1. The standard InChI is InChI=1S/C23H27FN2O2/c1-28-18-22(27)17-25(14-19-8-3-2-4-9-19)16-21-11-7-13-26(21)15-20-10-5-6-12-23(20)24/h2-13,22,27H,14-18H2,1H3/p+1/t22-/m0/s1. The van der Waals surface area contributed by atoms with Crippen LogP contribution < -0.4 is 4.90 Å². The minimum absolute atomic E-state index is 0.189. The van der Waals surface area contributed by atoms with Crippen molar-refractivity contribution >= 4 is 0 Å². The highest BCUT2D eigenvalue weighted by Crippen LogP contribution is 2.11. The van der Waals surface area contributed by atoms with E-state index in [2.05, 4.69) is 22.8 Å². The van der Waals surface area contributed by atoms with Crippen LogP contribution in [0.1, 0.15) is 16.8 Å². The Kier molecular flexibility index (Phi) is 7.37. The fourth-order valence-corrected chi connectivity index (χ4v) is 3.51. The highest BCUT2D eigenvalue weighted by molar-refractivity contribution is 5.19. The van der Waals surface area contributed by atoms with E-state index in [-0.39, 0.29) is 5.82 Å². The Bertz CT molecular complexity index is 851. The van der Waals surface area contributed by atoms with Gasteiger partial charge in [-0.1, -0.05) is 48.5 Å². The molecule has 0 saturated heterocycles. The van der Waals surface area contributed by atoms with Gasteiger partial charge in [-0.05, 0) is 18.2 Å². The molecule has 2 atom stereocenters. The molecule has 0 radical (unpaired) electrons. The van der Waals surface area contributed by atoms with Gasteiger partial charge >= 0.3 is 0 Å². The van der Waals surface area contributed by atoms with Crippen molar-refractivity contribution in [3.05, 3.63) is 95.6 Å². The average Bonchev–Trinajstić information content (AvgIpc) is 3.11. The summed E-state index contributed by atoms with van der Waals surface area (Å²) in [6, 6.07) is 21.2. The minimum Gasteiger partial charge on any atom is -0.385 e. The predicted molar refractivity (Wildman–Crippen MR) is 107 cm³/mol. The first-order valence-corrected chi connectivity index (χ1v) is 9.57. The van der Waals surface area contributed by atoms with E-state index < -0.39 is 6.10 Å². The molecule has 2 N–H and O–H groups in total. The summed E-state index contributed by atoms with van der Waals surface area (Å²) in [6.45, 7) is 2.92. The number of nitrogens with zero attached hydrogens (tertiary/aromatic N) is 1. The number of hydrogen-bond donors (Lipinski definition) is 2. The summed E-state index contributed by atoms with van der Waals surface area (Å²) < 4.78 is 21.2. The zero-order chi connectivity index (χ0) is 19.8. The molecule has 0 aliphatic carbocycles. The molecule has 0 spiro atoms. The molecule has 3 rings (SSSR count). The fourth-order valence-electron chi connectivity index (χ4n) is 3.51. The maximum Gasteiger partial charge on any atom is 0.128 e. The first kappa shape index (κ1) is 20.3. The quantitative estimate of drug-likeness (QED) is 0.564. The van der Waals surface area contributed by atoms with Crippen LogP contribution in [0.4, 0.5) is 4.39 Å². The molecular weight excluding hydrogens is 355 g/mol. The number of ether oxygens (including phenoxy) is 1. The van der Waals surface area contributed by atoms with Gasteiger partial charge in [0.1, 0.15) is 31.6 Å². The van der Waals surface area contributed by atoms with Gasteiger partial charge in [-0.25, -0.2) is 4.39 Å². The summed E-state index contributed by atoms with van der Waals surface area (Å²) in [5.41, 5.74) is 3.00. The van der Waals surface area contributed by atoms with Crippen LogP contribution in [0.15, 0.2) is 72.9 Å². The summed E-state index contributed by atoms with van der Waals surface area (Å²) in [7, 11) is 1.60. The van der Waals surface area contributed by atoms with Crippen molar-refractivity contribution in [2.75, 3.05) is 20.3 Å². The van der Waals surface area contributed by atoms with Gasteiger partial charge in [0.25, 0.3) is 0 Å². The van der Waals surface area contributed by atoms with Crippen molar-refractivity contribution in [1.29, 1.82) is 0 Å². The Morgan fingerprint density at radius 2 is 1.75 bits per heavy atom. The van der Waals surface area contributed by atoms with Crippen LogP contribution in [-0.4, -0.2) is 36.0 Å². The largest absolute Gasteiger partial charge is 0.385 e. The molecule has 1 unspecified atom stereocenters. The van der Waals surface area contributed by atoms with Gasteiger partial charge in [0, 0.05) is 24.4 Å². The van der Waals surface area contributed by atoms with E-state index in [9.17, 15) is 9.50 Å². The summed E-state index contributed by atoms with van der Waals surface area (Å²) in [5.74, 6) is -0.189. The second-order valence-corrected chi connectivity index (χ2v) is 7.12. The number of hydrogen-bond acceptors (Lipinski definition) is 2. The van der Waals surface area contributed by atoms with Crippen LogP contribution in [0, 0.1) is 5.82 Å². The molecule has 1 heterocycles. The molecule has 5 heteroatoms. The van der Waals surface area contributed by atoms with Crippen LogP contribution in [0.3, 0.4) is 0 Å². The first-order valence-electron chi connectivity index (χ1n) is 9.57. The number of aliphatic hydroxyl groups is 1. The number of nitrogens with one attached hydrogen (secondary N) is 1. The SMILES string of the molecule is COC[C@@H](O)C[NH+](Cc1ccccc1)Cc1cccn1Cc1ccccc1F. The van der Waals surface area contributed by atoms with Crippen molar-refractivity contribution in [3.63, 3.8) is 0 Å². The third-order valence-corrected chi connectivity index (χ3v) is 4.83. The van der Waals surface area contributed by atoms with Crippen molar-refractivity contribution in [3.8, 4) is 0 Å². The molecule has 3 aromatic rings. The molecule has 148 valence electrons. The van der Waals surface area contributed by atoms with Gasteiger partial charge in [0.05, 0.1) is 18.8 Å². The predicted octanol–water partition coefficient (Wildman–Crippen LogP) is 2.27. The Morgan fingerprint density at radius 3 is 2.50 bits per heavy atom. The van der Waals surface area contributed by atoms with Crippen LogP contribution in [0.25, 0.3) is 0 Å². The first-order chi connectivity index (χ1) is 13.7. The second-order valence-electron chi connectivity index (χ2n) is 7.12. The van der Waals surface area contributed by atoms with Gasteiger partial charge in [0.2, 0.25) is 0 Å². The highest BCUT2D eigenvalue weighted by atomic mass is 19.1. The number of methoxy groups -OCH3 is 1. The van der Waals surface area contributed by atoms with E-state index in [1.807, 2.05) is 42.6 Å². The zero-order valence-corrected chi connectivity index (χ0v) is 16.2. The van der Waals surface area contributed by atoms with E-state index in [1.165, 1.54) is 16.5 Å². The summed E-state index contributed by atoms with van der Waals surface area (Å²) >= 11 is 0. The average molecular weight is 383 g/mol. The van der Waals surface area contributed by atoms with Gasteiger partial charge in [0.15, 0.2) is 0 Å². The maximum atomic E-state index is 14.1. The van der Waals surface area contributed by atoms with Gasteiger partial charge in [-0.15, -0.1) is 0 Å². The molecule has 0 amide bonds. The Morgan fingerprint density at radius 1 is 1.00 bits per heavy atom. The molecule has 2 aromatic carbocycles. The summed E-state index contributed by atoms with van der Waals surface area (Å²) in [4.78, 5) is 1.23. The molecule has 4 nitrogen and oxygen atoms in total. The monoisotopic (exact) mass is 383 g/mol. The normalized spacial score (nSPS) is 13.4. The Labute approximate surface area is 165 Å². The number of benzene rings is 2. The molecular formula is C23H28FN2O2+. The van der Waals surface area contributed by atoms with Gasteiger partial charge in [-0.3, -0.25) is 0 Å². The van der Waals surface area contributed by atoms with Crippen LogP contribution >= 0.6 is 0 Å². The number of aliphatic hydroxyl groups excluding tert-OH is 1. The van der Waals surface area contributed by atoms with Gasteiger partial charge in [-0.2, -0.15) is 0 Å². The zero-order valence-electron chi connectivity index (χ0n) is 16.2. The van der Waals surface area contributed by atoms with Crippen LogP contribution in [0.2, 0.25) is 0 Å². The highest BCUT2D eigenvalue weighted by Gasteiger charge is 2.18. The second kappa shape index (κ2) is 10.2. The minimum atomic E-state index is -0.529. The Hall–Kier alpha value is -2.47. The Balaban J connectivity index is 1.75. The van der Waals surface area contributed by atoms with Crippen molar-refractivity contribution in [2.24, 2.45) is 0 Å². The lowest BCUT2D eigenvalue weighted by Gasteiger charge is -2.23. The maximum absolute atomic E-state index is 14.1. The smallest absolute Gasteiger partial charge is 0.128 e. The fraction of sp³-hybridized carbons (Fsp3) is 0.304. The van der Waals surface area contributed by atoms with E-state index in [4.69, 9.17) is 4.74 Å². The molecule has 0 aliphatic rings. The summed E-state index contributed by atoms with van der Waals surface area (Å²) in [6.07, 6.45) is 1.45. The molecule has 0 aliphatic heterocycles. The number of rotatable bonds is 10. The van der Waals surface area contributed by atoms with Crippen molar-refractivity contribution in [2.45, 2.75) is 25.7 Å². The molecule has 28 heavy (non-hydrogen) atoms. The van der Waals surface area contributed by atoms with E-state index in [0.717, 1.165) is 18.8 Å². The van der Waals surface area contributed by atoms with Crippen LogP contribution in [-0.2, 0) is 24.4 Å². The number of quaternary nitrogens is 1. The number of aromatic nitrogens is 1. The van der Waals surface area contributed by atoms with E-state index >= 15 is 0 Å². The van der Waals surface area contributed by atoms with E-state index in [1.54, 1.807) is 13.2 Å². The molecule has 1 aromatic heterocycles. The molecule has 0 fully saturated rings. The lowest BCUT2D eigenvalue weighted by atomic mass is 10.2. The lowest BCUT2D eigenvalue weighted by molar-refractivity contribution is -0.931. The van der Waals surface area contributed by atoms with Gasteiger partial charge < -0.3 is 19.3 Å². The lowest BCUT2D eigenvalue weighted by Crippen LogP contribution is -3.10. The van der Waals surface area contributed by atoms with Crippen LogP contribution in [0.5, 0.6) is 0 Å². The molecule has 0 saturated carbocycles. The topological polar surface area (TPSA) is 38.8 Å². The summed E-state index contributed by atoms with van der Waals surface area (Å²) in [5, 5.41) is 10.3. The third kappa shape index (κ3) is 5.76. The van der Waals surface area contributed by atoms with E-state index in [0.29, 0.717) is 25.3 Å².